The van der Waals surface area contributed by atoms with Crippen molar-refractivity contribution >= 4 is 46.3 Å². The van der Waals surface area contributed by atoms with Gasteiger partial charge >= 0.3 is 5.97 Å². The molecule has 1 saturated heterocycles. The Kier molecular flexibility index (Phi) is 4.06. The van der Waals surface area contributed by atoms with Crippen molar-refractivity contribution in [2.75, 3.05) is 7.11 Å². The monoisotopic (exact) mass is 297 g/mol. The van der Waals surface area contributed by atoms with Crippen molar-refractivity contribution in [1.82, 2.24) is 4.90 Å². The minimum Gasteiger partial charge on any atom is -0.467 e. The van der Waals surface area contributed by atoms with Crippen LogP contribution in [0.4, 0.5) is 4.79 Å². The summed E-state index contributed by atoms with van der Waals surface area (Å²) < 4.78 is 4.55. The van der Waals surface area contributed by atoms with Gasteiger partial charge < -0.3 is 4.74 Å². The SMILES string of the molecule is COC(=O)[C@H](C)N1C(=O)S/C(=C\c2cccs2)C1=O. The number of hydrogen-bond acceptors (Lipinski definition) is 6. The molecule has 19 heavy (non-hydrogen) atoms. The van der Waals surface area contributed by atoms with Crippen LogP contribution in [0.3, 0.4) is 0 Å². The van der Waals surface area contributed by atoms with Gasteiger partial charge in [0.2, 0.25) is 0 Å². The molecule has 0 bridgehead atoms. The largest absolute Gasteiger partial charge is 0.467 e. The Labute approximate surface area is 118 Å². The van der Waals surface area contributed by atoms with Gasteiger partial charge in [-0.3, -0.25) is 14.5 Å². The summed E-state index contributed by atoms with van der Waals surface area (Å²) in [7, 11) is 1.22. The highest BCUT2D eigenvalue weighted by Gasteiger charge is 2.41. The van der Waals surface area contributed by atoms with Gasteiger partial charge in [0, 0.05) is 4.88 Å². The van der Waals surface area contributed by atoms with E-state index in [-0.39, 0.29) is 0 Å². The van der Waals surface area contributed by atoms with Crippen LogP contribution in [0.15, 0.2) is 22.4 Å². The van der Waals surface area contributed by atoms with Gasteiger partial charge in [0.25, 0.3) is 11.1 Å². The van der Waals surface area contributed by atoms with Crippen LogP contribution in [0.25, 0.3) is 6.08 Å². The zero-order chi connectivity index (χ0) is 14.0. The first-order chi connectivity index (χ1) is 9.04. The van der Waals surface area contributed by atoms with Crippen LogP contribution in [-0.4, -0.2) is 35.2 Å². The summed E-state index contributed by atoms with van der Waals surface area (Å²) >= 11 is 2.30. The van der Waals surface area contributed by atoms with Crippen molar-refractivity contribution < 1.29 is 19.1 Å². The first kappa shape index (κ1) is 13.8. The predicted octanol–water partition coefficient (Wildman–Crippen LogP) is 2.35. The van der Waals surface area contributed by atoms with Gasteiger partial charge in [-0.2, -0.15) is 0 Å². The van der Waals surface area contributed by atoms with Crippen molar-refractivity contribution in [3.63, 3.8) is 0 Å². The van der Waals surface area contributed by atoms with E-state index in [0.717, 1.165) is 21.5 Å². The van der Waals surface area contributed by atoms with Gasteiger partial charge in [-0.05, 0) is 36.2 Å². The highest BCUT2D eigenvalue weighted by Crippen LogP contribution is 2.34. The molecule has 1 atom stereocenters. The summed E-state index contributed by atoms with van der Waals surface area (Å²) in [6.07, 6.45) is 1.65. The number of nitrogens with zero attached hydrogens (tertiary/aromatic N) is 1. The molecule has 2 heterocycles. The molecule has 5 nitrogen and oxygen atoms in total. The first-order valence-electron chi connectivity index (χ1n) is 5.43. The third-order valence-corrected chi connectivity index (χ3v) is 4.27. The number of imide groups is 1. The second kappa shape index (κ2) is 5.58. The lowest BCUT2D eigenvalue weighted by atomic mass is 10.3. The van der Waals surface area contributed by atoms with Gasteiger partial charge in [-0.15, -0.1) is 11.3 Å². The van der Waals surface area contributed by atoms with Crippen molar-refractivity contribution in [2.24, 2.45) is 0 Å². The van der Waals surface area contributed by atoms with Gasteiger partial charge in [0.1, 0.15) is 6.04 Å². The van der Waals surface area contributed by atoms with Crippen LogP contribution in [0.5, 0.6) is 0 Å². The minimum atomic E-state index is -0.910. The zero-order valence-corrected chi connectivity index (χ0v) is 11.9. The minimum absolute atomic E-state index is 0.322. The molecule has 0 spiro atoms. The Balaban J connectivity index is 2.24. The molecule has 1 aliphatic rings. The number of carbonyl (C=O) groups excluding carboxylic acids is 3. The molecule has 1 aromatic heterocycles. The molecule has 1 aliphatic heterocycles. The van der Waals surface area contributed by atoms with Crippen LogP contribution < -0.4 is 0 Å². The number of ether oxygens (including phenoxy) is 1. The Morgan fingerprint density at radius 2 is 2.21 bits per heavy atom. The zero-order valence-electron chi connectivity index (χ0n) is 10.3. The van der Waals surface area contributed by atoms with Crippen molar-refractivity contribution in [3.8, 4) is 0 Å². The maximum Gasteiger partial charge on any atom is 0.328 e. The van der Waals surface area contributed by atoms with E-state index in [1.54, 1.807) is 6.08 Å². The van der Waals surface area contributed by atoms with Crippen LogP contribution >= 0.6 is 23.1 Å². The average Bonchev–Trinajstić information content (AvgIpc) is 2.98. The van der Waals surface area contributed by atoms with Crippen molar-refractivity contribution in [1.29, 1.82) is 0 Å². The van der Waals surface area contributed by atoms with Gasteiger partial charge in [-0.25, -0.2) is 4.79 Å². The Bertz CT molecular complexity index is 550. The normalized spacial score (nSPS) is 19.1. The average molecular weight is 297 g/mol. The van der Waals surface area contributed by atoms with Gasteiger partial charge in [-0.1, -0.05) is 6.07 Å². The molecule has 0 N–H and O–H groups in total. The summed E-state index contributed by atoms with van der Waals surface area (Å²) in [6.45, 7) is 1.47. The maximum absolute atomic E-state index is 12.1. The van der Waals surface area contributed by atoms with E-state index in [9.17, 15) is 14.4 Å². The number of thioether (sulfide) groups is 1. The topological polar surface area (TPSA) is 63.7 Å². The molecular weight excluding hydrogens is 286 g/mol. The Morgan fingerprint density at radius 3 is 2.79 bits per heavy atom. The lowest BCUT2D eigenvalue weighted by Crippen LogP contribution is -2.42. The maximum atomic E-state index is 12.1. The molecule has 0 aromatic carbocycles. The summed E-state index contributed by atoms with van der Waals surface area (Å²) in [6, 6.07) is 2.80. The van der Waals surface area contributed by atoms with E-state index in [4.69, 9.17) is 0 Å². The molecule has 100 valence electrons. The molecule has 0 radical (unpaired) electrons. The molecule has 2 amide bonds. The third kappa shape index (κ3) is 2.71. The molecule has 0 aliphatic carbocycles. The second-order valence-electron chi connectivity index (χ2n) is 3.77. The summed E-state index contributed by atoms with van der Waals surface area (Å²) in [5, 5.41) is 1.43. The second-order valence-corrected chi connectivity index (χ2v) is 5.74. The fourth-order valence-electron chi connectivity index (χ4n) is 1.59. The summed E-state index contributed by atoms with van der Waals surface area (Å²) in [4.78, 5) is 37.5. The number of hydrogen-bond donors (Lipinski definition) is 0. The molecule has 0 unspecified atom stereocenters. The first-order valence-corrected chi connectivity index (χ1v) is 7.12. The number of carbonyl (C=O) groups is 3. The molecule has 1 fully saturated rings. The fraction of sp³-hybridized carbons (Fsp3) is 0.250. The van der Waals surface area contributed by atoms with Crippen molar-refractivity contribution in [3.05, 3.63) is 27.3 Å². The molecule has 1 aromatic rings. The molecular formula is C12H11NO4S2. The predicted molar refractivity (Wildman–Crippen MR) is 73.6 cm³/mol. The third-order valence-electron chi connectivity index (χ3n) is 2.57. The van der Waals surface area contributed by atoms with Crippen molar-refractivity contribution in [2.45, 2.75) is 13.0 Å². The number of thiophene rings is 1. The van der Waals surface area contributed by atoms with Crippen LogP contribution in [0.1, 0.15) is 11.8 Å². The van der Waals surface area contributed by atoms with E-state index in [1.807, 2.05) is 17.5 Å². The van der Waals surface area contributed by atoms with E-state index in [2.05, 4.69) is 4.74 Å². The van der Waals surface area contributed by atoms with E-state index >= 15 is 0 Å². The van der Waals surface area contributed by atoms with Crippen LogP contribution in [-0.2, 0) is 14.3 Å². The number of rotatable bonds is 3. The van der Waals surface area contributed by atoms with Gasteiger partial charge in [0.15, 0.2) is 0 Å². The summed E-state index contributed by atoms with van der Waals surface area (Å²) in [5.74, 6) is -1.07. The van der Waals surface area contributed by atoms with Crippen LogP contribution in [0, 0.1) is 0 Å². The van der Waals surface area contributed by atoms with Crippen LogP contribution in [0.2, 0.25) is 0 Å². The Hall–Kier alpha value is -1.60. The Morgan fingerprint density at radius 1 is 1.47 bits per heavy atom. The molecule has 0 saturated carbocycles. The molecule has 2 rings (SSSR count). The van der Waals surface area contributed by atoms with Gasteiger partial charge in [0.05, 0.1) is 12.0 Å². The lowest BCUT2D eigenvalue weighted by Gasteiger charge is -2.18. The van der Waals surface area contributed by atoms with E-state index < -0.39 is 23.2 Å². The fourth-order valence-corrected chi connectivity index (χ4v) is 3.22. The van der Waals surface area contributed by atoms with E-state index in [1.165, 1.54) is 25.4 Å². The highest BCUT2D eigenvalue weighted by molar-refractivity contribution is 8.18. The number of amides is 2. The van der Waals surface area contributed by atoms with E-state index in [0.29, 0.717) is 4.91 Å². The number of esters is 1. The highest BCUT2D eigenvalue weighted by atomic mass is 32.2. The quantitative estimate of drug-likeness (QED) is 0.633. The number of methoxy groups -OCH3 is 1. The summed E-state index contributed by atoms with van der Waals surface area (Å²) in [5.41, 5.74) is 0. The molecule has 7 heteroatoms. The smallest absolute Gasteiger partial charge is 0.328 e. The standard InChI is InChI=1S/C12H11NO4S2/c1-7(11(15)17-2)13-10(14)9(19-12(13)16)6-8-4-3-5-18-8/h3-7H,1-2H3/b9-6-/t7-/m0/s1. The lowest BCUT2D eigenvalue weighted by molar-refractivity contribution is -0.148.